The average molecular weight is 310 g/mol. The first-order chi connectivity index (χ1) is 11.2. The smallest absolute Gasteiger partial charge is 0.127 e. The number of rotatable bonds is 2. The summed E-state index contributed by atoms with van der Waals surface area (Å²) in [5.74, 6) is 1.94. The fourth-order valence-electron chi connectivity index (χ4n) is 3.95. The van der Waals surface area contributed by atoms with E-state index < -0.39 is 0 Å². The molecule has 0 spiro atoms. The molecule has 23 heavy (non-hydrogen) atoms. The van der Waals surface area contributed by atoms with Gasteiger partial charge in [-0.2, -0.15) is 0 Å². The third-order valence-corrected chi connectivity index (χ3v) is 5.52. The second kappa shape index (κ2) is 5.75. The molecule has 4 heteroatoms. The van der Waals surface area contributed by atoms with E-state index in [1.807, 2.05) is 0 Å². The summed E-state index contributed by atoms with van der Waals surface area (Å²) >= 11 is 0. The first-order valence-corrected chi connectivity index (χ1v) is 8.95. The van der Waals surface area contributed by atoms with E-state index in [2.05, 4.69) is 48.4 Å². The number of imidazole rings is 1. The number of hydrogen-bond acceptors (Lipinski definition) is 3. The first-order valence-electron chi connectivity index (χ1n) is 8.95. The Balaban J connectivity index is 1.74. The van der Waals surface area contributed by atoms with Crippen LogP contribution in [0.5, 0.6) is 0 Å². The minimum absolute atomic E-state index is 0.400. The molecule has 0 saturated heterocycles. The van der Waals surface area contributed by atoms with Gasteiger partial charge in [0, 0.05) is 25.3 Å². The van der Waals surface area contributed by atoms with Crippen LogP contribution in [0.15, 0.2) is 23.2 Å². The van der Waals surface area contributed by atoms with Crippen LogP contribution in [0.25, 0.3) is 11.0 Å². The van der Waals surface area contributed by atoms with Gasteiger partial charge in [0.1, 0.15) is 5.82 Å². The molecule has 0 amide bonds. The van der Waals surface area contributed by atoms with Crippen LogP contribution >= 0.6 is 0 Å². The molecule has 2 atom stereocenters. The highest BCUT2D eigenvalue weighted by molar-refractivity contribution is 6.03. The van der Waals surface area contributed by atoms with Gasteiger partial charge in [0.25, 0.3) is 0 Å². The summed E-state index contributed by atoms with van der Waals surface area (Å²) in [6.45, 7) is 11.0. The van der Waals surface area contributed by atoms with E-state index in [1.165, 1.54) is 29.0 Å². The third-order valence-electron chi connectivity index (χ3n) is 5.52. The van der Waals surface area contributed by atoms with Gasteiger partial charge >= 0.3 is 0 Å². The van der Waals surface area contributed by atoms with Gasteiger partial charge in [-0.05, 0) is 49.9 Å². The van der Waals surface area contributed by atoms with Gasteiger partial charge in [-0.25, -0.2) is 4.98 Å². The Labute approximate surface area is 138 Å². The minimum atomic E-state index is 0.400. The Bertz CT molecular complexity index is 758. The zero-order valence-corrected chi connectivity index (χ0v) is 14.4. The molecule has 2 aliphatic rings. The molecule has 2 aliphatic heterocycles. The lowest BCUT2D eigenvalue weighted by atomic mass is 9.96. The molecule has 4 rings (SSSR count). The maximum absolute atomic E-state index is 4.97. The lowest BCUT2D eigenvalue weighted by Crippen LogP contribution is -2.36. The second-order valence-electron chi connectivity index (χ2n) is 7.06. The summed E-state index contributed by atoms with van der Waals surface area (Å²) in [6.07, 6.45) is 2.35. The molecule has 1 aromatic carbocycles. The van der Waals surface area contributed by atoms with E-state index in [9.17, 15) is 0 Å². The molecule has 0 fully saturated rings. The Morgan fingerprint density at radius 1 is 1.22 bits per heavy atom. The maximum Gasteiger partial charge on any atom is 0.127 e. The van der Waals surface area contributed by atoms with E-state index >= 15 is 0 Å². The molecule has 3 heterocycles. The molecule has 0 unspecified atom stereocenters. The zero-order chi connectivity index (χ0) is 16.0. The van der Waals surface area contributed by atoms with E-state index in [0.29, 0.717) is 6.04 Å². The molecule has 0 N–H and O–H groups in total. The van der Waals surface area contributed by atoms with Crippen molar-refractivity contribution in [3.8, 4) is 0 Å². The van der Waals surface area contributed by atoms with Crippen molar-refractivity contribution < 1.29 is 0 Å². The van der Waals surface area contributed by atoms with Gasteiger partial charge in [0.05, 0.1) is 17.1 Å². The molecule has 0 saturated carbocycles. The van der Waals surface area contributed by atoms with Crippen molar-refractivity contribution in [3.05, 3.63) is 29.6 Å². The molecule has 0 aliphatic carbocycles. The molecular weight excluding hydrogens is 284 g/mol. The van der Waals surface area contributed by atoms with Gasteiger partial charge in [0.15, 0.2) is 0 Å². The Morgan fingerprint density at radius 2 is 2.09 bits per heavy atom. The van der Waals surface area contributed by atoms with Crippen LogP contribution in [0.1, 0.15) is 51.0 Å². The van der Waals surface area contributed by atoms with Crippen LogP contribution in [-0.2, 0) is 6.54 Å². The van der Waals surface area contributed by atoms with Crippen molar-refractivity contribution in [2.75, 3.05) is 19.6 Å². The Hall–Kier alpha value is -1.68. The SMILES string of the molecule is CCN1CCn2c(nc3cc(C4=NC[C@@H](C)CC4)ccc32)[C@@H]1C. The molecule has 122 valence electrons. The fourth-order valence-corrected chi connectivity index (χ4v) is 3.95. The Morgan fingerprint density at radius 3 is 2.83 bits per heavy atom. The number of hydrogen-bond donors (Lipinski definition) is 0. The lowest BCUT2D eigenvalue weighted by molar-refractivity contribution is 0.176. The standard InChI is InChI=1S/C19H26N4/c1-4-22-9-10-23-18-8-6-15(16-7-5-13(2)12-20-16)11-17(18)21-19(23)14(22)3/h6,8,11,13-14H,4-5,7,9-10,12H2,1-3H3/t13-,14-/m0/s1. The quantitative estimate of drug-likeness (QED) is 0.848. The fraction of sp³-hybridized carbons (Fsp3) is 0.579. The maximum atomic E-state index is 4.97. The van der Waals surface area contributed by atoms with Crippen LogP contribution in [0.2, 0.25) is 0 Å². The summed E-state index contributed by atoms with van der Waals surface area (Å²) in [6, 6.07) is 7.13. The Kier molecular flexibility index (Phi) is 3.72. The molecule has 0 radical (unpaired) electrons. The predicted molar refractivity (Wildman–Crippen MR) is 95.2 cm³/mol. The van der Waals surface area contributed by atoms with Crippen LogP contribution in [0.4, 0.5) is 0 Å². The van der Waals surface area contributed by atoms with E-state index in [-0.39, 0.29) is 0 Å². The lowest BCUT2D eigenvalue weighted by Gasteiger charge is -2.32. The third kappa shape index (κ3) is 2.49. The van der Waals surface area contributed by atoms with E-state index in [4.69, 9.17) is 9.98 Å². The predicted octanol–water partition coefficient (Wildman–Crippen LogP) is 3.65. The summed E-state index contributed by atoms with van der Waals surface area (Å²) < 4.78 is 2.40. The summed E-state index contributed by atoms with van der Waals surface area (Å²) in [4.78, 5) is 12.2. The van der Waals surface area contributed by atoms with Crippen molar-refractivity contribution in [2.45, 2.75) is 46.2 Å². The highest BCUT2D eigenvalue weighted by atomic mass is 15.3. The molecular formula is C19H26N4. The van der Waals surface area contributed by atoms with Crippen LogP contribution in [-0.4, -0.2) is 39.8 Å². The van der Waals surface area contributed by atoms with Gasteiger partial charge in [-0.3, -0.25) is 9.89 Å². The van der Waals surface area contributed by atoms with Gasteiger partial charge in [0.2, 0.25) is 0 Å². The first kappa shape index (κ1) is 14.9. The van der Waals surface area contributed by atoms with Crippen LogP contribution in [0.3, 0.4) is 0 Å². The van der Waals surface area contributed by atoms with Crippen molar-refractivity contribution in [3.63, 3.8) is 0 Å². The van der Waals surface area contributed by atoms with Crippen molar-refractivity contribution >= 4 is 16.7 Å². The van der Waals surface area contributed by atoms with E-state index in [0.717, 1.165) is 44.0 Å². The van der Waals surface area contributed by atoms with Gasteiger partial charge in [-0.1, -0.05) is 19.9 Å². The van der Waals surface area contributed by atoms with Crippen molar-refractivity contribution in [1.82, 2.24) is 14.5 Å². The molecule has 2 aromatic rings. The second-order valence-corrected chi connectivity index (χ2v) is 7.06. The topological polar surface area (TPSA) is 33.4 Å². The zero-order valence-electron chi connectivity index (χ0n) is 14.4. The highest BCUT2D eigenvalue weighted by Crippen LogP contribution is 2.29. The van der Waals surface area contributed by atoms with Crippen molar-refractivity contribution in [2.24, 2.45) is 10.9 Å². The van der Waals surface area contributed by atoms with Crippen molar-refractivity contribution in [1.29, 1.82) is 0 Å². The molecule has 4 nitrogen and oxygen atoms in total. The monoisotopic (exact) mass is 310 g/mol. The number of fused-ring (bicyclic) bond motifs is 3. The number of likely N-dealkylation sites (N-methyl/N-ethyl adjacent to an activating group) is 1. The molecule has 1 aromatic heterocycles. The van der Waals surface area contributed by atoms with E-state index in [1.54, 1.807) is 0 Å². The van der Waals surface area contributed by atoms with Crippen LogP contribution < -0.4 is 0 Å². The largest absolute Gasteiger partial charge is 0.325 e. The normalized spacial score (nSPS) is 25.4. The highest BCUT2D eigenvalue weighted by Gasteiger charge is 2.26. The number of benzene rings is 1. The number of aliphatic imine (C=N–C) groups is 1. The van der Waals surface area contributed by atoms with Gasteiger partial charge < -0.3 is 4.57 Å². The average Bonchev–Trinajstić information content (AvgIpc) is 2.95. The number of nitrogens with zero attached hydrogens (tertiary/aromatic N) is 4. The minimum Gasteiger partial charge on any atom is -0.325 e. The number of aromatic nitrogens is 2. The summed E-state index contributed by atoms with van der Waals surface area (Å²) in [5, 5.41) is 0. The molecule has 0 bridgehead atoms. The van der Waals surface area contributed by atoms with Crippen LogP contribution in [0, 0.1) is 5.92 Å². The van der Waals surface area contributed by atoms with Gasteiger partial charge in [-0.15, -0.1) is 0 Å². The summed E-state index contributed by atoms with van der Waals surface area (Å²) in [7, 11) is 0. The summed E-state index contributed by atoms with van der Waals surface area (Å²) in [5.41, 5.74) is 4.93.